The highest BCUT2D eigenvalue weighted by atomic mass is 16.4. The first-order chi connectivity index (χ1) is 17.1. The predicted octanol–water partition coefficient (Wildman–Crippen LogP) is 7.41. The van der Waals surface area contributed by atoms with Crippen molar-refractivity contribution < 1.29 is 19.1 Å². The zero-order valence-electron chi connectivity index (χ0n) is 19.1. The molecule has 5 rings (SSSR count). The molecule has 0 bridgehead atoms. The molecule has 35 heavy (non-hydrogen) atoms. The Labute approximate surface area is 203 Å². The topological polar surface area (TPSA) is 67.5 Å². The molecule has 0 saturated heterocycles. The Hall–Kier alpha value is -4.44. The third kappa shape index (κ3) is 4.92. The van der Waals surface area contributed by atoms with Crippen LogP contribution in [0.5, 0.6) is 0 Å². The van der Waals surface area contributed by atoms with Crippen molar-refractivity contribution >= 4 is 22.7 Å². The van der Waals surface area contributed by atoms with Crippen molar-refractivity contribution in [2.75, 3.05) is 0 Å². The Kier molecular flexibility index (Phi) is 6.27. The van der Waals surface area contributed by atoms with E-state index in [1.54, 1.807) is 6.07 Å². The summed E-state index contributed by atoms with van der Waals surface area (Å²) in [6, 6.07) is 34.0. The SMILES string of the molecule is O=C(O)CCC(=O)c1cccc(-c2ccc(-c3c(Cc4ccccc4)oc4ccccc34)cc2)c1. The summed E-state index contributed by atoms with van der Waals surface area (Å²) >= 11 is 0. The molecule has 0 saturated carbocycles. The minimum absolute atomic E-state index is 0.00448. The van der Waals surface area contributed by atoms with Gasteiger partial charge in [-0.3, -0.25) is 9.59 Å². The Morgan fingerprint density at radius 3 is 2.17 bits per heavy atom. The number of Topliss-reactive ketones (excluding diaryl/α,β-unsaturated/α-hetero) is 1. The van der Waals surface area contributed by atoms with Crippen LogP contribution in [0, 0.1) is 0 Å². The van der Waals surface area contributed by atoms with Crippen LogP contribution in [0.2, 0.25) is 0 Å². The van der Waals surface area contributed by atoms with Gasteiger partial charge in [0, 0.05) is 29.4 Å². The van der Waals surface area contributed by atoms with Crippen molar-refractivity contribution in [1.29, 1.82) is 0 Å². The molecule has 0 atom stereocenters. The lowest BCUT2D eigenvalue weighted by molar-refractivity contribution is -0.136. The van der Waals surface area contributed by atoms with E-state index >= 15 is 0 Å². The van der Waals surface area contributed by atoms with E-state index in [1.807, 2.05) is 66.7 Å². The van der Waals surface area contributed by atoms with E-state index in [4.69, 9.17) is 9.52 Å². The van der Waals surface area contributed by atoms with E-state index in [0.717, 1.165) is 39.0 Å². The van der Waals surface area contributed by atoms with Gasteiger partial charge in [0.15, 0.2) is 5.78 Å². The largest absolute Gasteiger partial charge is 0.481 e. The average Bonchev–Trinajstić information content (AvgIpc) is 3.25. The number of carboxylic acids is 1. The van der Waals surface area contributed by atoms with E-state index in [9.17, 15) is 9.59 Å². The molecule has 0 spiro atoms. The molecule has 4 nitrogen and oxygen atoms in total. The van der Waals surface area contributed by atoms with E-state index in [-0.39, 0.29) is 18.6 Å². The first-order valence-electron chi connectivity index (χ1n) is 11.6. The lowest BCUT2D eigenvalue weighted by Gasteiger charge is -2.08. The molecule has 0 fully saturated rings. The van der Waals surface area contributed by atoms with Crippen LogP contribution in [-0.2, 0) is 11.2 Å². The van der Waals surface area contributed by atoms with Crippen LogP contribution in [0.15, 0.2) is 108 Å². The summed E-state index contributed by atoms with van der Waals surface area (Å²) in [6.45, 7) is 0. The van der Waals surface area contributed by atoms with Crippen molar-refractivity contribution in [1.82, 2.24) is 0 Å². The standard InChI is InChI=1S/C31H24O4/c32-27(17-18-30(33)34)25-10-6-9-24(20-25)22-13-15-23(16-14-22)31-26-11-4-5-12-28(26)35-29(31)19-21-7-2-1-3-8-21/h1-16,20H,17-19H2,(H,33,34). The molecule has 5 aromatic rings. The number of carbonyl (C=O) groups excluding carboxylic acids is 1. The summed E-state index contributed by atoms with van der Waals surface area (Å²) < 4.78 is 6.27. The zero-order valence-corrected chi connectivity index (χ0v) is 19.1. The molecule has 0 aliphatic heterocycles. The molecular formula is C31H24O4. The van der Waals surface area contributed by atoms with Crippen LogP contribution in [0.25, 0.3) is 33.2 Å². The van der Waals surface area contributed by atoms with E-state index in [1.165, 1.54) is 5.56 Å². The van der Waals surface area contributed by atoms with Crippen molar-refractivity contribution in [2.45, 2.75) is 19.3 Å². The number of benzene rings is 4. The Morgan fingerprint density at radius 1 is 0.686 bits per heavy atom. The number of hydrogen-bond acceptors (Lipinski definition) is 3. The number of aliphatic carboxylic acids is 1. The van der Waals surface area contributed by atoms with Gasteiger partial charge in [0.05, 0.1) is 6.42 Å². The van der Waals surface area contributed by atoms with Crippen LogP contribution < -0.4 is 0 Å². The molecule has 1 N–H and O–H groups in total. The van der Waals surface area contributed by atoms with Crippen molar-refractivity contribution in [3.05, 3.63) is 120 Å². The monoisotopic (exact) mass is 460 g/mol. The van der Waals surface area contributed by atoms with E-state index < -0.39 is 5.97 Å². The second-order valence-corrected chi connectivity index (χ2v) is 8.53. The van der Waals surface area contributed by atoms with Gasteiger partial charge in [-0.1, -0.05) is 91.0 Å². The number of ketones is 1. The number of hydrogen-bond donors (Lipinski definition) is 1. The highest BCUT2D eigenvalue weighted by Crippen LogP contribution is 2.37. The van der Waals surface area contributed by atoms with Crippen LogP contribution in [0.4, 0.5) is 0 Å². The number of rotatable bonds is 8. The first-order valence-corrected chi connectivity index (χ1v) is 11.6. The summed E-state index contributed by atoms with van der Waals surface area (Å²) in [5, 5.41) is 9.94. The van der Waals surface area contributed by atoms with Gasteiger partial charge in [0.1, 0.15) is 11.3 Å². The fourth-order valence-corrected chi connectivity index (χ4v) is 4.38. The van der Waals surface area contributed by atoms with Gasteiger partial charge < -0.3 is 9.52 Å². The molecular weight excluding hydrogens is 436 g/mol. The maximum absolute atomic E-state index is 12.4. The smallest absolute Gasteiger partial charge is 0.303 e. The molecule has 0 amide bonds. The second-order valence-electron chi connectivity index (χ2n) is 8.53. The van der Waals surface area contributed by atoms with Gasteiger partial charge in [-0.05, 0) is 34.4 Å². The number of furan rings is 1. The zero-order chi connectivity index (χ0) is 24.2. The van der Waals surface area contributed by atoms with Gasteiger partial charge >= 0.3 is 5.97 Å². The van der Waals surface area contributed by atoms with Crippen molar-refractivity contribution in [3.63, 3.8) is 0 Å². The average molecular weight is 461 g/mol. The van der Waals surface area contributed by atoms with Crippen molar-refractivity contribution in [2.24, 2.45) is 0 Å². The highest BCUT2D eigenvalue weighted by molar-refractivity contribution is 5.99. The first kappa shape index (κ1) is 22.4. The minimum atomic E-state index is -0.969. The summed E-state index contributed by atoms with van der Waals surface area (Å²) in [5.74, 6) is -0.207. The Bertz CT molecular complexity index is 1490. The highest BCUT2D eigenvalue weighted by Gasteiger charge is 2.16. The summed E-state index contributed by atoms with van der Waals surface area (Å²) in [7, 11) is 0. The molecule has 1 heterocycles. The number of para-hydroxylation sites is 1. The molecule has 0 aliphatic carbocycles. The normalized spacial score (nSPS) is 11.0. The van der Waals surface area contributed by atoms with Crippen molar-refractivity contribution in [3.8, 4) is 22.3 Å². The molecule has 1 aromatic heterocycles. The molecule has 0 aliphatic rings. The second kappa shape index (κ2) is 9.82. The molecule has 4 heteroatoms. The summed E-state index contributed by atoms with van der Waals surface area (Å²) in [4.78, 5) is 23.2. The van der Waals surface area contributed by atoms with Crippen LogP contribution in [-0.4, -0.2) is 16.9 Å². The Balaban J connectivity index is 1.47. The summed E-state index contributed by atoms with van der Waals surface area (Å²) in [5.41, 5.74) is 6.64. The number of carboxylic acid groups (broad SMARTS) is 1. The molecule has 0 radical (unpaired) electrons. The van der Waals surface area contributed by atoms with Gasteiger partial charge in [-0.25, -0.2) is 0 Å². The van der Waals surface area contributed by atoms with E-state index in [0.29, 0.717) is 12.0 Å². The van der Waals surface area contributed by atoms with Gasteiger partial charge in [0.2, 0.25) is 0 Å². The van der Waals surface area contributed by atoms with Gasteiger partial charge in [-0.15, -0.1) is 0 Å². The number of carbonyl (C=O) groups is 2. The van der Waals surface area contributed by atoms with Gasteiger partial charge in [-0.2, -0.15) is 0 Å². The third-order valence-corrected chi connectivity index (χ3v) is 6.13. The summed E-state index contributed by atoms with van der Waals surface area (Å²) in [6.07, 6.45) is 0.532. The minimum Gasteiger partial charge on any atom is -0.481 e. The quantitative estimate of drug-likeness (QED) is 0.245. The molecule has 172 valence electrons. The van der Waals surface area contributed by atoms with Crippen LogP contribution in [0.1, 0.15) is 34.5 Å². The molecule has 0 unspecified atom stereocenters. The Morgan fingerprint density at radius 2 is 1.40 bits per heavy atom. The predicted molar refractivity (Wildman–Crippen MR) is 138 cm³/mol. The lowest BCUT2D eigenvalue weighted by Crippen LogP contribution is -2.03. The fraction of sp³-hybridized carbons (Fsp3) is 0.0968. The fourth-order valence-electron chi connectivity index (χ4n) is 4.38. The van der Waals surface area contributed by atoms with Gasteiger partial charge in [0.25, 0.3) is 0 Å². The molecule has 4 aromatic carbocycles. The van der Waals surface area contributed by atoms with E-state index in [2.05, 4.69) is 30.3 Å². The number of fused-ring (bicyclic) bond motifs is 1. The van der Waals surface area contributed by atoms with Crippen LogP contribution >= 0.6 is 0 Å². The van der Waals surface area contributed by atoms with Crippen LogP contribution in [0.3, 0.4) is 0 Å². The third-order valence-electron chi connectivity index (χ3n) is 6.13. The maximum Gasteiger partial charge on any atom is 0.303 e. The lowest BCUT2D eigenvalue weighted by atomic mass is 9.95. The maximum atomic E-state index is 12.4.